The highest BCUT2D eigenvalue weighted by Crippen LogP contribution is 2.45. The molecule has 11 heteroatoms. The third-order valence-electron chi connectivity index (χ3n) is 6.00. The maximum Gasteiger partial charge on any atom is 0.251 e. The van der Waals surface area contributed by atoms with Gasteiger partial charge in [0.2, 0.25) is 5.91 Å². The Bertz CT molecular complexity index is 1410. The lowest BCUT2D eigenvalue weighted by atomic mass is 9.86. The van der Waals surface area contributed by atoms with Crippen molar-refractivity contribution in [3.63, 3.8) is 0 Å². The van der Waals surface area contributed by atoms with E-state index in [4.69, 9.17) is 5.53 Å². The molecule has 3 aromatic rings. The summed E-state index contributed by atoms with van der Waals surface area (Å²) < 4.78 is 41.8. The van der Waals surface area contributed by atoms with E-state index in [9.17, 15) is 22.8 Å². The van der Waals surface area contributed by atoms with Crippen LogP contribution in [0.4, 0.5) is 24.5 Å². The Morgan fingerprint density at radius 2 is 1.75 bits per heavy atom. The van der Waals surface area contributed by atoms with Gasteiger partial charge in [0.05, 0.1) is 17.6 Å². The summed E-state index contributed by atoms with van der Waals surface area (Å²) >= 11 is 2.06. The Balaban J connectivity index is 1.63. The van der Waals surface area contributed by atoms with Gasteiger partial charge in [-0.15, -0.1) is 0 Å². The zero-order chi connectivity index (χ0) is 26.2. The second-order valence-corrected chi connectivity index (χ2v) is 9.92. The van der Waals surface area contributed by atoms with E-state index in [1.807, 2.05) is 0 Å². The van der Waals surface area contributed by atoms with Crippen molar-refractivity contribution in [3.8, 4) is 0 Å². The second-order valence-electron chi connectivity index (χ2n) is 8.76. The lowest BCUT2D eigenvalue weighted by Gasteiger charge is -2.20. The number of hydrogen-bond donors (Lipinski definition) is 1. The zero-order valence-corrected chi connectivity index (χ0v) is 21.3. The van der Waals surface area contributed by atoms with Gasteiger partial charge in [-0.05, 0) is 59.7 Å². The van der Waals surface area contributed by atoms with E-state index >= 15 is 0 Å². The number of benzene rings is 3. The number of halogens is 4. The van der Waals surface area contributed by atoms with E-state index in [1.54, 1.807) is 55.1 Å². The van der Waals surface area contributed by atoms with Gasteiger partial charge in [-0.3, -0.25) is 9.59 Å². The van der Waals surface area contributed by atoms with Gasteiger partial charge in [0.15, 0.2) is 0 Å². The van der Waals surface area contributed by atoms with Crippen LogP contribution in [-0.4, -0.2) is 11.8 Å². The number of carbonyl (C=O) groups excluding carboxylic acids is 2. The van der Waals surface area contributed by atoms with Crippen LogP contribution in [0, 0.1) is 21.0 Å². The molecular formula is C25H19F3IN5O2. The number of nitrogens with one attached hydrogen (secondary N) is 1. The molecule has 0 bridgehead atoms. The summed E-state index contributed by atoms with van der Waals surface area (Å²) in [5, 5.41) is 6.00. The molecule has 0 spiro atoms. The number of anilines is 1. The number of hydrogen-bond acceptors (Lipinski definition) is 3. The van der Waals surface area contributed by atoms with Gasteiger partial charge in [0.1, 0.15) is 17.5 Å². The van der Waals surface area contributed by atoms with Crippen LogP contribution in [0.5, 0.6) is 0 Å². The molecule has 2 amide bonds. The third kappa shape index (κ3) is 4.76. The van der Waals surface area contributed by atoms with Gasteiger partial charge in [0.25, 0.3) is 5.91 Å². The van der Waals surface area contributed by atoms with Crippen molar-refractivity contribution in [2.24, 2.45) is 5.11 Å². The summed E-state index contributed by atoms with van der Waals surface area (Å²) in [4.78, 5) is 30.6. The first-order chi connectivity index (χ1) is 17.0. The van der Waals surface area contributed by atoms with Gasteiger partial charge in [-0.1, -0.05) is 29.4 Å². The lowest BCUT2D eigenvalue weighted by Crippen LogP contribution is -2.35. The van der Waals surface area contributed by atoms with Crippen LogP contribution in [0.2, 0.25) is 0 Å². The molecule has 1 heterocycles. The summed E-state index contributed by atoms with van der Waals surface area (Å²) in [6.45, 7) is 3.36. The molecule has 0 aromatic heterocycles. The summed E-state index contributed by atoms with van der Waals surface area (Å²) in [6.07, 6.45) is 0. The largest absolute Gasteiger partial charge is 0.348 e. The van der Waals surface area contributed by atoms with E-state index in [-0.39, 0.29) is 18.0 Å². The molecular weight excluding hydrogens is 586 g/mol. The maximum absolute atomic E-state index is 14.0. The van der Waals surface area contributed by atoms with E-state index in [0.717, 1.165) is 11.1 Å². The summed E-state index contributed by atoms with van der Waals surface area (Å²) in [5.74, 6) is -3.99. The van der Waals surface area contributed by atoms with Crippen molar-refractivity contribution in [1.29, 1.82) is 0 Å². The number of azide groups is 1. The van der Waals surface area contributed by atoms with Crippen molar-refractivity contribution in [3.05, 3.63) is 102 Å². The van der Waals surface area contributed by atoms with E-state index in [0.29, 0.717) is 27.1 Å². The normalized spacial score (nSPS) is 13.8. The molecule has 0 radical (unpaired) electrons. The van der Waals surface area contributed by atoms with Gasteiger partial charge < -0.3 is 10.2 Å². The van der Waals surface area contributed by atoms with Crippen molar-refractivity contribution in [2.45, 2.75) is 32.4 Å². The Hall–Kier alpha value is -3.57. The number of rotatable bonds is 6. The molecule has 1 aliphatic heterocycles. The van der Waals surface area contributed by atoms with E-state index < -0.39 is 40.9 Å². The first-order valence-electron chi connectivity index (χ1n) is 10.7. The molecule has 1 aliphatic rings. The molecule has 0 saturated heterocycles. The van der Waals surface area contributed by atoms with Crippen LogP contribution in [0.3, 0.4) is 0 Å². The average Bonchev–Trinajstić information content (AvgIpc) is 3.00. The fourth-order valence-corrected chi connectivity index (χ4v) is 5.47. The number of amides is 2. The minimum Gasteiger partial charge on any atom is -0.348 e. The van der Waals surface area contributed by atoms with Gasteiger partial charge in [-0.2, -0.15) is 0 Å². The first-order valence-corrected chi connectivity index (χ1v) is 11.8. The van der Waals surface area contributed by atoms with Crippen LogP contribution in [0.1, 0.15) is 40.9 Å². The topological polar surface area (TPSA) is 98.2 Å². The number of carbonyl (C=O) groups is 2. The standard InChI is InChI=1S/C25H19F3IN5O2/c1-25(2)22-20(29)7-14(23(35)31-11-17-18(27)9-15(26)10-19(17)28)8-21(22)34(24(25)36)12-13-3-5-16(6-4-13)32-33-30/h3-10H,11-12H2,1-2H3,(H,31,35). The minimum absolute atomic E-state index is 0.150. The molecule has 4 rings (SSSR count). The van der Waals surface area contributed by atoms with Crippen LogP contribution in [0.15, 0.2) is 53.6 Å². The summed E-state index contributed by atoms with van der Waals surface area (Å²) in [7, 11) is 0. The van der Waals surface area contributed by atoms with Crippen molar-refractivity contribution in [2.75, 3.05) is 4.90 Å². The molecule has 1 N–H and O–H groups in total. The smallest absolute Gasteiger partial charge is 0.251 e. The highest BCUT2D eigenvalue weighted by molar-refractivity contribution is 14.1. The summed E-state index contributed by atoms with van der Waals surface area (Å²) in [6, 6.07) is 11.1. The van der Waals surface area contributed by atoms with Crippen LogP contribution in [0.25, 0.3) is 10.4 Å². The third-order valence-corrected chi connectivity index (χ3v) is 6.85. The van der Waals surface area contributed by atoms with E-state index in [2.05, 4.69) is 37.9 Å². The Labute approximate surface area is 218 Å². The molecule has 0 unspecified atom stereocenters. The molecule has 36 heavy (non-hydrogen) atoms. The summed E-state index contributed by atoms with van der Waals surface area (Å²) in [5.41, 5.74) is 10.0. The molecule has 0 aliphatic carbocycles. The van der Waals surface area contributed by atoms with Crippen LogP contribution >= 0.6 is 22.6 Å². The fourth-order valence-electron chi connectivity index (χ4n) is 4.18. The number of fused-ring (bicyclic) bond motifs is 1. The molecule has 7 nitrogen and oxygen atoms in total. The first kappa shape index (κ1) is 25.5. The molecule has 184 valence electrons. The van der Waals surface area contributed by atoms with E-state index in [1.165, 1.54) is 0 Å². The van der Waals surface area contributed by atoms with Crippen LogP contribution < -0.4 is 10.2 Å². The average molecular weight is 605 g/mol. The van der Waals surface area contributed by atoms with Crippen molar-refractivity contribution < 1.29 is 22.8 Å². The van der Waals surface area contributed by atoms with Crippen molar-refractivity contribution >= 4 is 45.8 Å². The highest BCUT2D eigenvalue weighted by atomic mass is 127. The minimum atomic E-state index is -1.10. The SMILES string of the molecule is CC1(C)C(=O)N(Cc2ccc(N=[N+]=[N-])cc2)c2cc(C(=O)NCc3c(F)cc(F)cc3F)cc(I)c21. The monoisotopic (exact) mass is 605 g/mol. The van der Waals surface area contributed by atoms with Gasteiger partial charge in [0, 0.05) is 49.5 Å². The van der Waals surface area contributed by atoms with Gasteiger partial charge >= 0.3 is 0 Å². The Kier molecular flexibility index (Phi) is 6.96. The Morgan fingerprint density at radius 1 is 1.11 bits per heavy atom. The lowest BCUT2D eigenvalue weighted by molar-refractivity contribution is -0.122. The van der Waals surface area contributed by atoms with Gasteiger partial charge in [-0.25, -0.2) is 13.2 Å². The highest BCUT2D eigenvalue weighted by Gasteiger charge is 2.45. The maximum atomic E-state index is 14.0. The molecule has 0 fully saturated rings. The molecule has 3 aromatic carbocycles. The predicted octanol–water partition coefficient (Wildman–Crippen LogP) is 6.40. The van der Waals surface area contributed by atoms with Crippen molar-refractivity contribution in [1.82, 2.24) is 5.32 Å². The van der Waals surface area contributed by atoms with Crippen LogP contribution in [-0.2, 0) is 23.3 Å². The fraction of sp³-hybridized carbons (Fsp3) is 0.200. The molecule has 0 atom stereocenters. The number of nitrogens with zero attached hydrogens (tertiary/aromatic N) is 4. The zero-order valence-electron chi connectivity index (χ0n) is 19.2. The predicted molar refractivity (Wildman–Crippen MR) is 136 cm³/mol. The molecule has 0 saturated carbocycles. The second kappa shape index (κ2) is 9.82. The Morgan fingerprint density at radius 3 is 2.36 bits per heavy atom. The quantitative estimate of drug-likeness (QED) is 0.152.